The number of carbonyl (C=O) groups is 2. The number of anilines is 1. The molecule has 0 fully saturated rings. The largest absolute Gasteiger partial charge is 0.481 e. The van der Waals surface area contributed by atoms with Crippen molar-refractivity contribution in [2.45, 2.75) is 32.7 Å². The quantitative estimate of drug-likeness (QED) is 0.828. The van der Waals surface area contributed by atoms with Gasteiger partial charge in [-0.2, -0.15) is 0 Å². The highest BCUT2D eigenvalue weighted by molar-refractivity contribution is 9.10. The Kier molecular flexibility index (Phi) is 4.94. The second-order valence-electron chi connectivity index (χ2n) is 5.79. The lowest BCUT2D eigenvalue weighted by atomic mass is 9.85. The number of nitrogens with zero attached hydrogens (tertiary/aromatic N) is 1. The zero-order chi connectivity index (χ0) is 17.2. The molecule has 2 N–H and O–H groups in total. The molecule has 2 aromatic rings. The summed E-state index contributed by atoms with van der Waals surface area (Å²) in [7, 11) is 0. The lowest BCUT2D eigenvalue weighted by Gasteiger charge is -2.20. The number of carboxylic acid groups (broad SMARTS) is 1. The van der Waals surface area contributed by atoms with Crippen LogP contribution in [0.5, 0.6) is 0 Å². The third kappa shape index (κ3) is 3.64. The highest BCUT2D eigenvalue weighted by Crippen LogP contribution is 2.25. The minimum Gasteiger partial charge on any atom is -0.481 e. The number of carboxylic acids is 1. The van der Waals surface area contributed by atoms with Crippen LogP contribution in [-0.4, -0.2) is 21.6 Å². The van der Waals surface area contributed by atoms with Crippen LogP contribution in [0.1, 0.15) is 36.8 Å². The topological polar surface area (TPSA) is 71.3 Å². The molecule has 1 aromatic carbocycles. The zero-order valence-electron chi connectivity index (χ0n) is 13.3. The van der Waals surface area contributed by atoms with Crippen LogP contribution < -0.4 is 5.32 Å². The van der Waals surface area contributed by atoms with Gasteiger partial charge in [-0.25, -0.2) is 0 Å². The Morgan fingerprint density at radius 2 is 1.87 bits per heavy atom. The number of halogens is 1. The Hall–Kier alpha value is -2.08. The van der Waals surface area contributed by atoms with Gasteiger partial charge in [0.05, 0.1) is 5.41 Å². The first-order valence-electron chi connectivity index (χ1n) is 7.26. The molecule has 1 aromatic heterocycles. The number of aromatic nitrogens is 1. The summed E-state index contributed by atoms with van der Waals surface area (Å²) in [5, 5.41) is 12.1. The van der Waals surface area contributed by atoms with Crippen LogP contribution in [0, 0.1) is 0 Å². The average molecular weight is 379 g/mol. The van der Waals surface area contributed by atoms with Crippen molar-refractivity contribution in [3.63, 3.8) is 0 Å². The van der Waals surface area contributed by atoms with E-state index in [4.69, 9.17) is 0 Å². The van der Waals surface area contributed by atoms with Gasteiger partial charge in [-0.3, -0.25) is 9.59 Å². The van der Waals surface area contributed by atoms with E-state index in [-0.39, 0.29) is 5.91 Å². The first-order chi connectivity index (χ1) is 10.8. The smallest absolute Gasteiger partial charge is 0.313 e. The van der Waals surface area contributed by atoms with Gasteiger partial charge in [0, 0.05) is 22.9 Å². The molecule has 0 aliphatic carbocycles. The third-order valence-corrected chi connectivity index (χ3v) is 4.27. The molecular weight excluding hydrogens is 360 g/mol. The minimum atomic E-state index is -0.968. The van der Waals surface area contributed by atoms with Crippen LogP contribution in [0.4, 0.5) is 5.69 Å². The molecule has 0 atom stereocenters. The van der Waals surface area contributed by atoms with Crippen LogP contribution in [0.25, 0.3) is 0 Å². The molecule has 122 valence electrons. The molecule has 0 aliphatic heterocycles. The van der Waals surface area contributed by atoms with Gasteiger partial charge in [-0.1, -0.05) is 12.1 Å². The van der Waals surface area contributed by atoms with Crippen molar-refractivity contribution < 1.29 is 14.7 Å². The van der Waals surface area contributed by atoms with Crippen LogP contribution in [0.3, 0.4) is 0 Å². The van der Waals surface area contributed by atoms with Crippen LogP contribution in [0.2, 0.25) is 0 Å². The molecule has 5 nitrogen and oxygen atoms in total. The average Bonchev–Trinajstić information content (AvgIpc) is 2.89. The maximum atomic E-state index is 12.4. The van der Waals surface area contributed by atoms with Gasteiger partial charge in [0.1, 0.15) is 5.69 Å². The van der Waals surface area contributed by atoms with Crippen molar-refractivity contribution in [3.8, 4) is 0 Å². The number of benzene rings is 1. The summed E-state index contributed by atoms with van der Waals surface area (Å²) < 4.78 is 2.70. The molecule has 23 heavy (non-hydrogen) atoms. The fraction of sp³-hybridized carbons (Fsp3) is 0.294. The lowest BCUT2D eigenvalue weighted by Crippen LogP contribution is -2.28. The second kappa shape index (κ2) is 6.58. The van der Waals surface area contributed by atoms with Crippen molar-refractivity contribution in [1.29, 1.82) is 0 Å². The summed E-state index contributed by atoms with van der Waals surface area (Å²) in [6, 6.07) is 8.64. The second-order valence-corrected chi connectivity index (χ2v) is 6.71. The Balaban J connectivity index is 2.18. The van der Waals surface area contributed by atoms with Gasteiger partial charge >= 0.3 is 5.97 Å². The van der Waals surface area contributed by atoms with E-state index in [1.54, 1.807) is 44.2 Å². The molecule has 0 radical (unpaired) electrons. The number of hydrogen-bond donors (Lipinski definition) is 2. The Morgan fingerprint density at radius 1 is 1.26 bits per heavy atom. The highest BCUT2D eigenvalue weighted by Gasteiger charge is 2.29. The first kappa shape index (κ1) is 17.3. The maximum Gasteiger partial charge on any atom is 0.313 e. The van der Waals surface area contributed by atoms with Gasteiger partial charge in [0.15, 0.2) is 0 Å². The summed E-state index contributed by atoms with van der Waals surface area (Å²) in [6.07, 6.45) is 1.85. The molecule has 0 aliphatic rings. The minimum absolute atomic E-state index is 0.206. The number of aryl methyl sites for hydroxylation is 1. The summed E-state index contributed by atoms with van der Waals surface area (Å²) in [5.74, 6) is -1.09. The summed E-state index contributed by atoms with van der Waals surface area (Å²) in [6.45, 7) is 5.95. The molecule has 2 rings (SSSR count). The van der Waals surface area contributed by atoms with Crippen molar-refractivity contribution in [2.24, 2.45) is 0 Å². The first-order valence-corrected chi connectivity index (χ1v) is 8.06. The molecule has 0 bridgehead atoms. The number of hydrogen-bond acceptors (Lipinski definition) is 2. The number of amides is 1. The van der Waals surface area contributed by atoms with Crippen molar-refractivity contribution in [1.82, 2.24) is 4.57 Å². The van der Waals surface area contributed by atoms with Gasteiger partial charge in [0.2, 0.25) is 0 Å². The van der Waals surface area contributed by atoms with Gasteiger partial charge < -0.3 is 15.0 Å². The van der Waals surface area contributed by atoms with E-state index in [2.05, 4.69) is 21.2 Å². The molecule has 1 amide bonds. The molecule has 0 saturated carbocycles. The molecule has 0 unspecified atom stereocenters. The number of nitrogens with one attached hydrogen (secondary N) is 1. The predicted octanol–water partition coefficient (Wildman–Crippen LogP) is 3.89. The van der Waals surface area contributed by atoms with Crippen LogP contribution in [-0.2, 0) is 16.8 Å². The van der Waals surface area contributed by atoms with Crippen LogP contribution in [0.15, 0.2) is 41.0 Å². The van der Waals surface area contributed by atoms with Gasteiger partial charge in [0.25, 0.3) is 5.91 Å². The molecule has 0 saturated heterocycles. The predicted molar refractivity (Wildman–Crippen MR) is 92.9 cm³/mol. The molecular formula is C17H19BrN2O3. The third-order valence-electron chi connectivity index (χ3n) is 3.84. The Morgan fingerprint density at radius 3 is 2.39 bits per heavy atom. The SMILES string of the molecule is CCn1cc(Br)cc1C(=O)Nc1ccc(C(C)(C)C(=O)O)cc1. The van der Waals surface area contributed by atoms with Gasteiger partial charge in [-0.15, -0.1) is 0 Å². The van der Waals surface area contributed by atoms with Gasteiger partial charge in [-0.05, 0) is 60.5 Å². The van der Waals surface area contributed by atoms with E-state index >= 15 is 0 Å². The molecule has 0 spiro atoms. The Bertz CT molecular complexity index is 733. The van der Waals surface area contributed by atoms with E-state index in [0.29, 0.717) is 23.5 Å². The maximum absolute atomic E-state index is 12.4. The van der Waals surface area contributed by atoms with E-state index < -0.39 is 11.4 Å². The van der Waals surface area contributed by atoms with Crippen molar-refractivity contribution >= 4 is 33.5 Å². The summed E-state index contributed by atoms with van der Waals surface area (Å²) >= 11 is 3.37. The molecule has 6 heteroatoms. The summed E-state index contributed by atoms with van der Waals surface area (Å²) in [4.78, 5) is 23.6. The van der Waals surface area contributed by atoms with E-state index in [1.165, 1.54) is 0 Å². The summed E-state index contributed by atoms with van der Waals surface area (Å²) in [5.41, 5.74) is 0.904. The van der Waals surface area contributed by atoms with E-state index in [9.17, 15) is 14.7 Å². The highest BCUT2D eigenvalue weighted by atomic mass is 79.9. The lowest BCUT2D eigenvalue weighted by molar-refractivity contribution is -0.142. The monoisotopic (exact) mass is 378 g/mol. The zero-order valence-corrected chi connectivity index (χ0v) is 14.8. The fourth-order valence-corrected chi connectivity index (χ4v) is 2.68. The van der Waals surface area contributed by atoms with E-state index in [1.807, 2.05) is 17.7 Å². The van der Waals surface area contributed by atoms with E-state index in [0.717, 1.165) is 4.47 Å². The van der Waals surface area contributed by atoms with Crippen molar-refractivity contribution in [2.75, 3.05) is 5.32 Å². The van der Waals surface area contributed by atoms with Crippen LogP contribution >= 0.6 is 15.9 Å². The van der Waals surface area contributed by atoms with Crippen molar-refractivity contribution in [3.05, 3.63) is 52.3 Å². The number of carbonyl (C=O) groups excluding carboxylic acids is 1. The number of aliphatic carboxylic acids is 1. The fourth-order valence-electron chi connectivity index (χ4n) is 2.22. The standard InChI is InChI=1S/C17H19BrN2O3/c1-4-20-10-12(18)9-14(20)15(21)19-13-7-5-11(6-8-13)17(2,3)16(22)23/h5-10H,4H2,1-3H3,(H,19,21)(H,22,23). The Labute approximate surface area is 143 Å². The normalized spacial score (nSPS) is 11.3. The molecule has 1 heterocycles. The number of rotatable bonds is 5.